The van der Waals surface area contributed by atoms with Crippen LogP contribution in [0.2, 0.25) is 0 Å². The van der Waals surface area contributed by atoms with Crippen molar-refractivity contribution in [3.05, 3.63) is 42.0 Å². The van der Waals surface area contributed by atoms with Crippen LogP contribution in [0.1, 0.15) is 64.3 Å². The lowest BCUT2D eigenvalue weighted by atomic mass is 9.82. The first kappa shape index (κ1) is 24.2. The maximum absolute atomic E-state index is 13.8. The number of carbonyl (C=O) groups excluding carboxylic acids is 3. The number of ketones is 1. The van der Waals surface area contributed by atoms with E-state index in [9.17, 15) is 14.4 Å². The topological polar surface area (TPSA) is 117 Å². The number of amides is 2. The number of piperidine rings is 1. The van der Waals surface area contributed by atoms with Gasteiger partial charge in [0.2, 0.25) is 11.8 Å². The van der Waals surface area contributed by atoms with Crippen molar-refractivity contribution in [3.63, 3.8) is 0 Å². The smallest absolute Gasteiger partial charge is 0.242 e. The number of unbranched alkanes of at least 4 members (excludes halogenated alkanes) is 1. The van der Waals surface area contributed by atoms with Gasteiger partial charge in [0.25, 0.3) is 0 Å². The summed E-state index contributed by atoms with van der Waals surface area (Å²) < 4.78 is 0. The Balaban J connectivity index is 1.44. The van der Waals surface area contributed by atoms with Crippen LogP contribution in [0.15, 0.2) is 40.8 Å². The number of Topliss-reactive ketones (excluding diaryl/α,β-unsaturated/α-hetero) is 1. The normalized spacial score (nSPS) is 27.5. The van der Waals surface area contributed by atoms with Crippen LogP contribution in [0.25, 0.3) is 11.1 Å². The zero-order valence-corrected chi connectivity index (χ0v) is 21.2. The van der Waals surface area contributed by atoms with Crippen LogP contribution >= 0.6 is 0 Å². The van der Waals surface area contributed by atoms with Crippen molar-refractivity contribution in [2.45, 2.75) is 77.4 Å². The van der Waals surface area contributed by atoms with Gasteiger partial charge in [-0.1, -0.05) is 26.3 Å². The predicted molar refractivity (Wildman–Crippen MR) is 133 cm³/mol. The molecule has 1 aliphatic carbocycles. The molecule has 1 N–H and O–H groups in total. The summed E-state index contributed by atoms with van der Waals surface area (Å²) in [7, 11) is 0. The van der Waals surface area contributed by atoms with Gasteiger partial charge in [0.05, 0.1) is 12.1 Å². The van der Waals surface area contributed by atoms with Crippen molar-refractivity contribution in [2.75, 3.05) is 6.54 Å². The fourth-order valence-electron chi connectivity index (χ4n) is 5.56. The Kier molecular flexibility index (Phi) is 5.97. The molecule has 2 amide bonds. The van der Waals surface area contributed by atoms with E-state index in [1.807, 2.05) is 19.1 Å². The Bertz CT molecular complexity index is 1260. The van der Waals surface area contributed by atoms with Crippen LogP contribution in [0, 0.1) is 12.3 Å². The van der Waals surface area contributed by atoms with Gasteiger partial charge in [-0.05, 0) is 56.2 Å². The van der Waals surface area contributed by atoms with Crippen molar-refractivity contribution in [3.8, 4) is 11.1 Å². The van der Waals surface area contributed by atoms with E-state index in [0.717, 1.165) is 30.4 Å². The van der Waals surface area contributed by atoms with Crippen LogP contribution in [-0.2, 0) is 19.9 Å². The van der Waals surface area contributed by atoms with Crippen molar-refractivity contribution >= 4 is 23.3 Å². The molecule has 2 aliphatic heterocycles. The molecule has 1 aromatic carbocycles. The van der Waals surface area contributed by atoms with E-state index in [1.54, 1.807) is 23.4 Å². The standard InChI is InChI=1S/C27H32N6O3/c1-5-6-9-28-25(36)22-11-26(4)12-23(26)33(22)24(35)13-27(16(2)34)20-10-18(7-8-21(20)31-32-27)19-14-29-17(3)30-15-19/h7-8,10,14-15,22-23H,5-6,9,11-13H2,1-4H3,(H,28,36)/t22-,23+,26-,27?/m0/s1. The van der Waals surface area contributed by atoms with Gasteiger partial charge >= 0.3 is 0 Å². The van der Waals surface area contributed by atoms with E-state index in [0.29, 0.717) is 30.0 Å². The lowest BCUT2D eigenvalue weighted by Gasteiger charge is -2.30. The Hall–Kier alpha value is -3.49. The second-order valence-electron chi connectivity index (χ2n) is 10.6. The van der Waals surface area contributed by atoms with Crippen LogP contribution in [0.5, 0.6) is 0 Å². The van der Waals surface area contributed by atoms with Crippen molar-refractivity contribution in [1.82, 2.24) is 20.2 Å². The fraction of sp³-hybridized carbons (Fsp3) is 0.519. The Morgan fingerprint density at radius 2 is 1.89 bits per heavy atom. The maximum atomic E-state index is 13.8. The van der Waals surface area contributed by atoms with Gasteiger partial charge in [0.1, 0.15) is 11.9 Å². The zero-order valence-electron chi connectivity index (χ0n) is 21.2. The molecule has 0 radical (unpaired) electrons. The molecule has 3 aliphatic rings. The lowest BCUT2D eigenvalue weighted by molar-refractivity contribution is -0.142. The fourth-order valence-corrected chi connectivity index (χ4v) is 5.56. The van der Waals surface area contributed by atoms with Crippen molar-refractivity contribution in [2.24, 2.45) is 15.6 Å². The minimum atomic E-state index is -1.41. The van der Waals surface area contributed by atoms with E-state index in [4.69, 9.17) is 0 Å². The highest BCUT2D eigenvalue weighted by Crippen LogP contribution is 2.59. The van der Waals surface area contributed by atoms with Crippen LogP contribution in [-0.4, -0.2) is 51.1 Å². The van der Waals surface area contributed by atoms with E-state index in [2.05, 4.69) is 39.4 Å². The summed E-state index contributed by atoms with van der Waals surface area (Å²) in [6.45, 7) is 8.05. The van der Waals surface area contributed by atoms with Crippen molar-refractivity contribution < 1.29 is 14.4 Å². The number of azo groups is 1. The number of aryl methyl sites for hydroxylation is 1. The molecule has 1 aromatic heterocycles. The second kappa shape index (κ2) is 8.87. The number of likely N-dealkylation sites (tertiary alicyclic amines) is 1. The molecular weight excluding hydrogens is 456 g/mol. The molecule has 1 unspecified atom stereocenters. The molecule has 2 fully saturated rings. The Morgan fingerprint density at radius 1 is 1.14 bits per heavy atom. The molecule has 1 saturated heterocycles. The van der Waals surface area contributed by atoms with E-state index >= 15 is 0 Å². The predicted octanol–water partition coefficient (Wildman–Crippen LogP) is 4.02. The van der Waals surface area contributed by atoms with Crippen molar-refractivity contribution in [1.29, 1.82) is 0 Å². The number of benzene rings is 1. The lowest BCUT2D eigenvalue weighted by Crippen LogP contribution is -2.50. The molecule has 2 aromatic rings. The zero-order chi connectivity index (χ0) is 25.7. The first-order valence-corrected chi connectivity index (χ1v) is 12.6. The summed E-state index contributed by atoms with van der Waals surface area (Å²) >= 11 is 0. The molecule has 1 saturated carbocycles. The highest BCUT2D eigenvalue weighted by atomic mass is 16.2. The van der Waals surface area contributed by atoms with Gasteiger partial charge in [-0.25, -0.2) is 9.97 Å². The van der Waals surface area contributed by atoms with Gasteiger partial charge in [-0.2, -0.15) is 10.2 Å². The van der Waals surface area contributed by atoms with Gasteiger partial charge in [-0.15, -0.1) is 0 Å². The average molecular weight is 489 g/mol. The number of fused-ring (bicyclic) bond motifs is 2. The molecular formula is C27H32N6O3. The first-order valence-electron chi connectivity index (χ1n) is 12.6. The Labute approximate surface area is 210 Å². The average Bonchev–Trinajstić information content (AvgIpc) is 3.21. The van der Waals surface area contributed by atoms with Gasteiger partial charge < -0.3 is 10.2 Å². The second-order valence-corrected chi connectivity index (χ2v) is 10.6. The number of nitrogens with zero attached hydrogens (tertiary/aromatic N) is 5. The van der Waals surface area contributed by atoms with E-state index in [-0.39, 0.29) is 35.5 Å². The molecule has 4 atom stereocenters. The highest BCUT2D eigenvalue weighted by Gasteiger charge is 2.65. The molecule has 3 heterocycles. The number of hydrogen-bond donors (Lipinski definition) is 1. The monoisotopic (exact) mass is 488 g/mol. The summed E-state index contributed by atoms with van der Waals surface area (Å²) in [5.74, 6) is 0.0667. The van der Waals surface area contributed by atoms with E-state index in [1.165, 1.54) is 6.92 Å². The molecule has 0 spiro atoms. The SMILES string of the molecule is CCCCNC(=O)[C@@H]1C[C@@]2(C)C[C@H]2N1C(=O)CC1(C(C)=O)N=Nc2ccc(-c3cnc(C)nc3)cc21. The summed E-state index contributed by atoms with van der Waals surface area (Å²) in [4.78, 5) is 50.1. The largest absolute Gasteiger partial charge is 0.354 e. The molecule has 36 heavy (non-hydrogen) atoms. The number of nitrogens with one attached hydrogen (secondary N) is 1. The summed E-state index contributed by atoms with van der Waals surface area (Å²) in [5, 5.41) is 11.6. The van der Waals surface area contributed by atoms with Crippen LogP contribution < -0.4 is 5.32 Å². The Morgan fingerprint density at radius 3 is 2.58 bits per heavy atom. The number of aromatic nitrogens is 2. The summed E-state index contributed by atoms with van der Waals surface area (Å²) in [5.41, 5.74) is 1.34. The maximum Gasteiger partial charge on any atom is 0.242 e. The van der Waals surface area contributed by atoms with Gasteiger partial charge in [-0.3, -0.25) is 14.4 Å². The van der Waals surface area contributed by atoms with Crippen LogP contribution in [0.4, 0.5) is 5.69 Å². The number of carbonyl (C=O) groups is 3. The molecule has 188 valence electrons. The minimum Gasteiger partial charge on any atom is -0.354 e. The molecule has 0 bridgehead atoms. The summed E-state index contributed by atoms with van der Waals surface area (Å²) in [6, 6.07) is 5.05. The minimum absolute atomic E-state index is 0.0183. The number of rotatable bonds is 8. The molecule has 9 nitrogen and oxygen atoms in total. The van der Waals surface area contributed by atoms with Crippen LogP contribution in [0.3, 0.4) is 0 Å². The summed E-state index contributed by atoms with van der Waals surface area (Å²) in [6.07, 6.45) is 6.70. The first-order chi connectivity index (χ1) is 17.2. The quantitative estimate of drug-likeness (QED) is 0.563. The third-order valence-electron chi connectivity index (χ3n) is 7.93. The van der Waals surface area contributed by atoms with Gasteiger partial charge in [0, 0.05) is 36.1 Å². The third-order valence-corrected chi connectivity index (χ3v) is 7.93. The molecule has 9 heteroatoms. The number of hydrogen-bond acceptors (Lipinski definition) is 7. The van der Waals surface area contributed by atoms with Gasteiger partial charge in [0.15, 0.2) is 11.3 Å². The highest BCUT2D eigenvalue weighted by molar-refractivity contribution is 5.97. The third kappa shape index (κ3) is 4.00. The molecule has 5 rings (SSSR count). The van der Waals surface area contributed by atoms with E-state index < -0.39 is 11.6 Å².